The van der Waals surface area contributed by atoms with Crippen LogP contribution in [0.3, 0.4) is 0 Å². The minimum absolute atomic E-state index is 0.210. The number of benzene rings is 2. The highest BCUT2D eigenvalue weighted by molar-refractivity contribution is 5.95. The molecule has 1 N–H and O–H groups in total. The lowest BCUT2D eigenvalue weighted by molar-refractivity contribution is -0.137. The fourth-order valence-corrected chi connectivity index (χ4v) is 2.24. The number of alkyl halides is 3. The lowest BCUT2D eigenvalue weighted by Crippen LogP contribution is -2.31. The van der Waals surface area contributed by atoms with Gasteiger partial charge in [-0.2, -0.15) is 13.2 Å². The van der Waals surface area contributed by atoms with Gasteiger partial charge in [0.05, 0.1) is 23.4 Å². The molecule has 2 aromatic rings. The molecule has 0 saturated heterocycles. The Morgan fingerprint density at radius 3 is 2.48 bits per heavy atom. The number of para-hydroxylation sites is 1. The molecule has 0 radical (unpaired) electrons. The van der Waals surface area contributed by atoms with Gasteiger partial charge in [-0.25, -0.2) is 4.79 Å². The summed E-state index contributed by atoms with van der Waals surface area (Å²) < 4.78 is 49.3. The SMILES string of the molecule is CCOC(=O)c1cccc(OC(C)C(=O)Nc2ccccc2C(F)(F)F)c1. The Morgan fingerprint density at radius 1 is 1.11 bits per heavy atom. The number of rotatable bonds is 6. The molecule has 0 bridgehead atoms. The normalized spacial score (nSPS) is 12.2. The molecule has 0 aromatic heterocycles. The number of carbonyl (C=O) groups excluding carboxylic acids is 2. The van der Waals surface area contributed by atoms with Crippen molar-refractivity contribution >= 4 is 17.6 Å². The second-order valence-corrected chi connectivity index (χ2v) is 5.54. The molecular weight excluding hydrogens is 363 g/mol. The Bertz CT molecular complexity index is 821. The van der Waals surface area contributed by atoms with Gasteiger partial charge >= 0.3 is 12.1 Å². The molecule has 0 heterocycles. The van der Waals surface area contributed by atoms with Gasteiger partial charge in [0.25, 0.3) is 5.91 Å². The molecule has 8 heteroatoms. The van der Waals surface area contributed by atoms with Crippen LogP contribution in [0.4, 0.5) is 18.9 Å². The van der Waals surface area contributed by atoms with Crippen LogP contribution in [0, 0.1) is 0 Å². The number of hydrogen-bond acceptors (Lipinski definition) is 4. The molecule has 0 saturated carbocycles. The molecule has 1 unspecified atom stereocenters. The standard InChI is InChI=1S/C19H18F3NO4/c1-3-26-18(25)13-7-6-8-14(11-13)27-12(2)17(24)23-16-10-5-4-9-15(16)19(20,21)22/h4-12H,3H2,1-2H3,(H,23,24). The zero-order chi connectivity index (χ0) is 20.0. The molecule has 27 heavy (non-hydrogen) atoms. The maximum atomic E-state index is 13.0. The number of nitrogens with one attached hydrogen (secondary N) is 1. The third kappa shape index (κ3) is 5.47. The molecule has 5 nitrogen and oxygen atoms in total. The number of amides is 1. The summed E-state index contributed by atoms with van der Waals surface area (Å²) in [7, 11) is 0. The zero-order valence-corrected chi connectivity index (χ0v) is 14.7. The van der Waals surface area contributed by atoms with Gasteiger partial charge in [0.2, 0.25) is 0 Å². The van der Waals surface area contributed by atoms with Crippen molar-refractivity contribution in [1.82, 2.24) is 0 Å². The fourth-order valence-electron chi connectivity index (χ4n) is 2.24. The van der Waals surface area contributed by atoms with Crippen LogP contribution in [0.25, 0.3) is 0 Å². The molecule has 1 atom stereocenters. The van der Waals surface area contributed by atoms with E-state index in [9.17, 15) is 22.8 Å². The van der Waals surface area contributed by atoms with E-state index in [1.165, 1.54) is 37.3 Å². The molecule has 0 aliphatic heterocycles. The van der Waals surface area contributed by atoms with Crippen LogP contribution < -0.4 is 10.1 Å². The minimum Gasteiger partial charge on any atom is -0.481 e. The summed E-state index contributed by atoms with van der Waals surface area (Å²) in [5.74, 6) is -1.08. The van der Waals surface area contributed by atoms with Crippen molar-refractivity contribution in [3.05, 3.63) is 59.7 Å². The van der Waals surface area contributed by atoms with Crippen LogP contribution in [0.15, 0.2) is 48.5 Å². The maximum absolute atomic E-state index is 13.0. The lowest BCUT2D eigenvalue weighted by atomic mass is 10.1. The highest BCUT2D eigenvalue weighted by Gasteiger charge is 2.34. The topological polar surface area (TPSA) is 64.6 Å². The summed E-state index contributed by atoms with van der Waals surface area (Å²) in [5, 5.41) is 2.22. The first-order valence-corrected chi connectivity index (χ1v) is 8.13. The second kappa shape index (κ2) is 8.57. The molecule has 0 aliphatic carbocycles. The molecule has 0 fully saturated rings. The van der Waals surface area contributed by atoms with E-state index in [4.69, 9.17) is 9.47 Å². The van der Waals surface area contributed by atoms with Crippen molar-refractivity contribution in [2.75, 3.05) is 11.9 Å². The van der Waals surface area contributed by atoms with Crippen LogP contribution in [-0.4, -0.2) is 24.6 Å². The highest BCUT2D eigenvalue weighted by atomic mass is 19.4. The van der Waals surface area contributed by atoms with E-state index < -0.39 is 29.7 Å². The van der Waals surface area contributed by atoms with Gasteiger partial charge in [-0.1, -0.05) is 18.2 Å². The summed E-state index contributed by atoms with van der Waals surface area (Å²) in [6.45, 7) is 3.27. The van der Waals surface area contributed by atoms with Crippen LogP contribution in [0.1, 0.15) is 29.8 Å². The second-order valence-electron chi connectivity index (χ2n) is 5.54. The number of anilines is 1. The molecule has 2 aromatic carbocycles. The molecule has 144 valence electrons. The Labute approximate surface area is 154 Å². The molecular formula is C19H18F3NO4. The van der Waals surface area contributed by atoms with Gasteiger partial charge in [-0.3, -0.25) is 4.79 Å². The van der Waals surface area contributed by atoms with Gasteiger partial charge < -0.3 is 14.8 Å². The van der Waals surface area contributed by atoms with Gasteiger partial charge in [0.15, 0.2) is 6.10 Å². The molecule has 0 spiro atoms. The summed E-state index contributed by atoms with van der Waals surface area (Å²) >= 11 is 0. The lowest BCUT2D eigenvalue weighted by Gasteiger charge is -2.17. The number of esters is 1. The summed E-state index contributed by atoms with van der Waals surface area (Å²) in [6, 6.07) is 10.7. The molecule has 2 rings (SSSR count). The van der Waals surface area contributed by atoms with E-state index in [-0.39, 0.29) is 23.6 Å². The van der Waals surface area contributed by atoms with Crippen molar-refractivity contribution in [1.29, 1.82) is 0 Å². The largest absolute Gasteiger partial charge is 0.481 e. The summed E-state index contributed by atoms with van der Waals surface area (Å²) in [5.41, 5.74) is -1.06. The van der Waals surface area contributed by atoms with Crippen molar-refractivity contribution in [2.24, 2.45) is 0 Å². The van der Waals surface area contributed by atoms with E-state index in [2.05, 4.69) is 5.32 Å². The first-order valence-electron chi connectivity index (χ1n) is 8.13. The molecule has 1 amide bonds. The Balaban J connectivity index is 2.09. The van der Waals surface area contributed by atoms with Crippen molar-refractivity contribution in [3.63, 3.8) is 0 Å². The number of halogens is 3. The monoisotopic (exact) mass is 381 g/mol. The van der Waals surface area contributed by atoms with E-state index in [1.807, 2.05) is 0 Å². The first kappa shape index (κ1) is 20.3. The van der Waals surface area contributed by atoms with Crippen molar-refractivity contribution in [3.8, 4) is 5.75 Å². The van der Waals surface area contributed by atoms with Crippen LogP contribution >= 0.6 is 0 Å². The van der Waals surface area contributed by atoms with Crippen LogP contribution in [0.5, 0.6) is 5.75 Å². The predicted molar refractivity (Wildman–Crippen MR) is 92.6 cm³/mol. The highest BCUT2D eigenvalue weighted by Crippen LogP contribution is 2.34. The quantitative estimate of drug-likeness (QED) is 0.759. The summed E-state index contributed by atoms with van der Waals surface area (Å²) in [4.78, 5) is 23.9. The van der Waals surface area contributed by atoms with E-state index in [0.29, 0.717) is 0 Å². The zero-order valence-electron chi connectivity index (χ0n) is 14.7. The predicted octanol–water partition coefficient (Wildman–Crippen LogP) is 4.29. The van der Waals surface area contributed by atoms with E-state index >= 15 is 0 Å². The van der Waals surface area contributed by atoms with E-state index in [0.717, 1.165) is 12.1 Å². The van der Waals surface area contributed by atoms with Crippen molar-refractivity contribution < 1.29 is 32.2 Å². The van der Waals surface area contributed by atoms with Gasteiger partial charge in [-0.05, 0) is 44.2 Å². The molecule has 0 aliphatic rings. The van der Waals surface area contributed by atoms with E-state index in [1.54, 1.807) is 13.0 Å². The van der Waals surface area contributed by atoms with Gasteiger partial charge in [-0.15, -0.1) is 0 Å². The third-order valence-electron chi connectivity index (χ3n) is 3.52. The Hall–Kier alpha value is -3.03. The smallest absolute Gasteiger partial charge is 0.418 e. The number of hydrogen-bond donors (Lipinski definition) is 1. The Kier molecular flexibility index (Phi) is 6.44. The number of ether oxygens (including phenoxy) is 2. The maximum Gasteiger partial charge on any atom is 0.418 e. The Morgan fingerprint density at radius 2 is 1.81 bits per heavy atom. The van der Waals surface area contributed by atoms with Crippen LogP contribution in [0.2, 0.25) is 0 Å². The minimum atomic E-state index is -4.60. The van der Waals surface area contributed by atoms with Gasteiger partial charge in [0, 0.05) is 0 Å². The van der Waals surface area contributed by atoms with Crippen LogP contribution in [-0.2, 0) is 15.7 Å². The fraction of sp³-hybridized carbons (Fsp3) is 0.263. The number of carbonyl (C=O) groups is 2. The van der Waals surface area contributed by atoms with Gasteiger partial charge in [0.1, 0.15) is 5.75 Å². The first-order chi connectivity index (χ1) is 12.7. The third-order valence-corrected chi connectivity index (χ3v) is 3.52. The average Bonchev–Trinajstić information content (AvgIpc) is 2.61. The average molecular weight is 381 g/mol. The summed E-state index contributed by atoms with van der Waals surface area (Å²) in [6.07, 6.45) is -5.69. The van der Waals surface area contributed by atoms with Crippen molar-refractivity contribution in [2.45, 2.75) is 26.1 Å².